The molecule has 2 rings (SSSR count). The van der Waals surface area contributed by atoms with Gasteiger partial charge in [-0.15, -0.1) is 37.0 Å². The minimum atomic E-state index is 0.542. The molecule has 0 bridgehead atoms. The van der Waals surface area contributed by atoms with Crippen molar-refractivity contribution < 1.29 is 0 Å². The van der Waals surface area contributed by atoms with Crippen LogP contribution in [0.5, 0.6) is 0 Å². The van der Waals surface area contributed by atoms with Gasteiger partial charge in [-0.25, -0.2) is 0 Å². The van der Waals surface area contributed by atoms with E-state index in [1.165, 1.54) is 139 Å². The van der Waals surface area contributed by atoms with E-state index in [0.717, 1.165) is 0 Å². The lowest BCUT2D eigenvalue weighted by molar-refractivity contribution is 0.286. The molecule has 0 spiro atoms. The van der Waals surface area contributed by atoms with Crippen LogP contribution in [0.25, 0.3) is 0 Å². The quantitative estimate of drug-likeness (QED) is 0.136. The predicted molar refractivity (Wildman–Crippen MR) is 281 cm³/mol. The summed E-state index contributed by atoms with van der Waals surface area (Å²) in [7, 11) is 11.3. The summed E-state index contributed by atoms with van der Waals surface area (Å²) in [4.78, 5) is 0. The van der Waals surface area contributed by atoms with Gasteiger partial charge >= 0.3 is 0 Å². The normalized spacial score (nSPS) is 18.2. The molecule has 0 amide bonds. The van der Waals surface area contributed by atoms with Crippen molar-refractivity contribution in [1.82, 2.24) is 0 Å². The van der Waals surface area contributed by atoms with Gasteiger partial charge in [0.05, 0.1) is 0 Å². The summed E-state index contributed by atoms with van der Waals surface area (Å²) in [6.07, 6.45) is 25.7. The van der Waals surface area contributed by atoms with Gasteiger partial charge in [0, 0.05) is 0 Å². The van der Waals surface area contributed by atoms with Crippen molar-refractivity contribution in [2.75, 3.05) is 24.6 Å². The molecule has 0 aromatic heterocycles. The Morgan fingerprint density at radius 1 is 0.436 bits per heavy atom. The minimum Gasteiger partial charge on any atom is -0.137 e. The number of hydrogen-bond donors (Lipinski definition) is 0. The Morgan fingerprint density at radius 3 is 0.855 bits per heavy atom. The van der Waals surface area contributed by atoms with E-state index in [2.05, 4.69) is 189 Å². The second-order valence-corrected chi connectivity index (χ2v) is 22.9. The van der Waals surface area contributed by atoms with E-state index in [4.69, 9.17) is 0 Å². The molecule has 0 aliphatic heterocycles. The summed E-state index contributed by atoms with van der Waals surface area (Å²) >= 11 is 0. The maximum atomic E-state index is 4.01. The molecule has 0 N–H and O–H groups in total. The highest BCUT2D eigenvalue weighted by atomic mass is 31.0. The lowest BCUT2D eigenvalue weighted by Crippen LogP contribution is -2.22. The smallest absolute Gasteiger partial charge is 0.0251 e. The predicted octanol–water partition coefficient (Wildman–Crippen LogP) is 19.1. The van der Waals surface area contributed by atoms with Crippen molar-refractivity contribution in [2.45, 2.75) is 241 Å². The van der Waals surface area contributed by atoms with Crippen LogP contribution in [-0.2, 0) is 0 Å². The van der Waals surface area contributed by atoms with Crippen LogP contribution < -0.4 is 0 Å². The zero-order valence-electron chi connectivity index (χ0n) is 42.4. The van der Waals surface area contributed by atoms with Gasteiger partial charge < -0.3 is 0 Å². The lowest BCUT2D eigenvalue weighted by atomic mass is 9.76. The Labute approximate surface area is 363 Å². The van der Waals surface area contributed by atoms with Crippen LogP contribution in [0.2, 0.25) is 0 Å². The highest BCUT2D eigenvalue weighted by Crippen LogP contribution is 2.41. The van der Waals surface area contributed by atoms with Crippen LogP contribution in [0.1, 0.15) is 241 Å². The fourth-order valence-corrected chi connectivity index (χ4v) is 6.15. The third-order valence-corrected chi connectivity index (χ3v) is 18.2. The number of rotatable bonds is 12. The molecule has 0 saturated heterocycles. The molecule has 4 heteroatoms. The molecular weight excluding hydrogens is 736 g/mol. The summed E-state index contributed by atoms with van der Waals surface area (Å²) in [5.41, 5.74) is 6.96. The summed E-state index contributed by atoms with van der Waals surface area (Å²) in [6, 6.07) is 0. The first-order valence-corrected chi connectivity index (χ1v) is 26.4. The van der Waals surface area contributed by atoms with Crippen LogP contribution in [0.4, 0.5) is 0 Å². The van der Waals surface area contributed by atoms with Gasteiger partial charge in [0.2, 0.25) is 0 Å². The third-order valence-electron chi connectivity index (χ3n) is 14.2. The molecule has 0 heterocycles. The van der Waals surface area contributed by atoms with E-state index in [0.29, 0.717) is 37.9 Å². The third kappa shape index (κ3) is 39.1. The van der Waals surface area contributed by atoms with Gasteiger partial charge in [-0.2, -0.15) is 0 Å². The maximum absolute atomic E-state index is 4.01. The van der Waals surface area contributed by atoms with Crippen LogP contribution in [-0.4, -0.2) is 24.6 Å². The average molecular weight is 849 g/mol. The van der Waals surface area contributed by atoms with Crippen molar-refractivity contribution in [3.63, 3.8) is 0 Å². The molecule has 5 unspecified atom stereocenters. The molecule has 2 aliphatic carbocycles. The molecule has 336 valence electrons. The van der Waals surface area contributed by atoms with E-state index in [1.807, 2.05) is 0 Å². The molecule has 0 aromatic rings. The van der Waals surface area contributed by atoms with Gasteiger partial charge in [0.25, 0.3) is 0 Å². The number of hydrogen-bond acceptors (Lipinski definition) is 0. The van der Waals surface area contributed by atoms with Crippen molar-refractivity contribution in [3.05, 3.63) is 24.3 Å². The Hall–Kier alpha value is 1.20. The monoisotopic (exact) mass is 849 g/mol. The Kier molecular flexibility index (Phi) is 40.2. The second-order valence-electron chi connectivity index (χ2n) is 21.3. The Bertz CT molecular complexity index is 828. The summed E-state index contributed by atoms with van der Waals surface area (Å²) in [6.45, 7) is 53.5. The first-order chi connectivity index (χ1) is 25.0. The standard InChI is InChI=1S/C9H17P.C8H15P.C8H18.C7H17P.C7H16.C6H15P.C6H14/c1-8-3-5-9(2,7-10)6-4-8;1-7-3-4-8(2,5-7)6-9;1-5-8(4,6-2)7-3;1-4-7(3,5-2)6-8;1-5-7(3,4)6-2;1-4-6(2,3)5-7;1-5-6(2,3)4/h1,3-7,10H2,2H3;1,3-6,9H2,2H3;5-7H2,1-4H3;4-6,8H2,1-3H3;5-6H2,1-4H3;4-5,7H2,1-3H3;5H2,1-4H3. The van der Waals surface area contributed by atoms with E-state index >= 15 is 0 Å². The SMILES string of the molecule is C=C1CCC(C)(CP)C1.C=C1CCC(C)(CP)CC1.CCC(C)(C)C.CCC(C)(C)CC.CCC(C)(C)CP.CCC(C)(CC)CC.CCC(C)(CC)CP. The van der Waals surface area contributed by atoms with Crippen molar-refractivity contribution in [2.24, 2.45) is 37.9 Å². The maximum Gasteiger partial charge on any atom is -0.0251 e. The highest BCUT2D eigenvalue weighted by Gasteiger charge is 2.28. The second kappa shape index (κ2) is 33.9. The summed E-state index contributed by atoms with van der Waals surface area (Å²) in [5.74, 6) is 0. The van der Waals surface area contributed by atoms with Crippen molar-refractivity contribution in [3.8, 4) is 0 Å². The molecule has 55 heavy (non-hydrogen) atoms. The van der Waals surface area contributed by atoms with Crippen molar-refractivity contribution >= 4 is 37.0 Å². The average Bonchev–Trinajstić information content (AvgIpc) is 3.54. The van der Waals surface area contributed by atoms with Gasteiger partial charge in [-0.3, -0.25) is 0 Å². The van der Waals surface area contributed by atoms with E-state index < -0.39 is 0 Å². The van der Waals surface area contributed by atoms with E-state index in [9.17, 15) is 0 Å². The Morgan fingerprint density at radius 2 is 0.745 bits per heavy atom. The largest absolute Gasteiger partial charge is 0.137 e. The van der Waals surface area contributed by atoms with Gasteiger partial charge in [0.15, 0.2) is 0 Å². The fourth-order valence-electron chi connectivity index (χ4n) is 4.53. The zero-order chi connectivity index (χ0) is 44.8. The van der Waals surface area contributed by atoms with Crippen LogP contribution in [0.15, 0.2) is 24.3 Å². The molecule has 2 fully saturated rings. The fraction of sp³-hybridized carbons (Fsp3) is 0.922. The Balaban J connectivity index is -0.000000178. The molecule has 2 aliphatic rings. The lowest BCUT2D eigenvalue weighted by Gasteiger charge is -2.33. The molecular formula is C51H112P4. The molecule has 0 radical (unpaired) electrons. The van der Waals surface area contributed by atoms with Crippen LogP contribution in [0, 0.1) is 37.9 Å². The zero-order valence-corrected chi connectivity index (χ0v) is 47.0. The van der Waals surface area contributed by atoms with Gasteiger partial charge in [-0.05, 0) is 107 Å². The topological polar surface area (TPSA) is 0 Å². The van der Waals surface area contributed by atoms with Crippen LogP contribution >= 0.6 is 37.0 Å². The highest BCUT2D eigenvalue weighted by molar-refractivity contribution is 7.17. The van der Waals surface area contributed by atoms with Gasteiger partial charge in [0.1, 0.15) is 0 Å². The minimum absolute atomic E-state index is 0.542. The first-order valence-electron chi connectivity index (χ1n) is 23.1. The molecule has 2 saturated carbocycles. The van der Waals surface area contributed by atoms with Crippen LogP contribution in [0.3, 0.4) is 0 Å². The van der Waals surface area contributed by atoms with E-state index in [1.54, 1.807) is 0 Å². The van der Waals surface area contributed by atoms with Gasteiger partial charge in [-0.1, -0.05) is 221 Å². The molecule has 0 aromatic carbocycles. The first kappa shape index (κ1) is 65.3. The number of allylic oxidation sites excluding steroid dienone is 2. The molecule has 0 nitrogen and oxygen atoms in total. The van der Waals surface area contributed by atoms with Crippen molar-refractivity contribution in [1.29, 1.82) is 0 Å². The summed E-state index contributed by atoms with van der Waals surface area (Å²) in [5, 5.41) is 0. The summed E-state index contributed by atoms with van der Waals surface area (Å²) < 4.78 is 0. The van der Waals surface area contributed by atoms with E-state index in [-0.39, 0.29) is 0 Å². The molecule has 5 atom stereocenters.